The molecule has 0 aliphatic heterocycles. The van der Waals surface area contributed by atoms with Crippen LogP contribution in [0.5, 0.6) is 0 Å². The summed E-state index contributed by atoms with van der Waals surface area (Å²) in [5, 5.41) is 2.76. The first-order valence-corrected chi connectivity index (χ1v) is 13.0. The summed E-state index contributed by atoms with van der Waals surface area (Å²) in [7, 11) is -1.92. The Labute approximate surface area is 165 Å². The van der Waals surface area contributed by atoms with Gasteiger partial charge in [-0.05, 0) is 64.6 Å². The Morgan fingerprint density at radius 2 is 1.63 bits per heavy atom. The van der Waals surface area contributed by atoms with Gasteiger partial charge in [-0.3, -0.25) is 0 Å². The molecular formula is C20H39NO5Si. The van der Waals surface area contributed by atoms with Gasteiger partial charge >= 0.3 is 12.1 Å². The molecule has 0 heterocycles. The van der Waals surface area contributed by atoms with Gasteiger partial charge in [0, 0.05) is 13.0 Å². The topological polar surface area (TPSA) is 73.9 Å². The van der Waals surface area contributed by atoms with Gasteiger partial charge in [-0.15, -0.1) is 0 Å². The predicted octanol–water partition coefficient (Wildman–Crippen LogP) is 4.78. The zero-order valence-corrected chi connectivity index (χ0v) is 19.4. The summed E-state index contributed by atoms with van der Waals surface area (Å²) < 4.78 is 17.1. The fourth-order valence-electron chi connectivity index (χ4n) is 2.60. The predicted molar refractivity (Wildman–Crippen MR) is 109 cm³/mol. The van der Waals surface area contributed by atoms with E-state index in [0.717, 1.165) is 25.7 Å². The van der Waals surface area contributed by atoms with Crippen molar-refractivity contribution in [3.05, 3.63) is 0 Å². The highest BCUT2D eigenvalue weighted by atomic mass is 28.4. The van der Waals surface area contributed by atoms with Crippen LogP contribution in [0, 0.1) is 0 Å². The van der Waals surface area contributed by atoms with Crippen LogP contribution >= 0.6 is 0 Å². The van der Waals surface area contributed by atoms with Crippen LogP contribution in [0.4, 0.5) is 4.79 Å². The van der Waals surface area contributed by atoms with E-state index in [2.05, 4.69) is 39.2 Å². The van der Waals surface area contributed by atoms with Gasteiger partial charge in [0.1, 0.15) is 17.7 Å². The first-order valence-electron chi connectivity index (χ1n) is 10.1. The molecule has 0 aromatic rings. The molecule has 1 N–H and O–H groups in total. The second-order valence-electron chi connectivity index (χ2n) is 9.94. The SMILES string of the molecule is CC(C)(C)OC(=O)N[C@@H](CCO[Si](C)(C)C(C)(C)C)C(=O)OC1CCCC1. The summed E-state index contributed by atoms with van der Waals surface area (Å²) >= 11 is 0. The third kappa shape index (κ3) is 8.64. The molecule has 1 saturated carbocycles. The van der Waals surface area contributed by atoms with Gasteiger partial charge in [0.2, 0.25) is 0 Å². The van der Waals surface area contributed by atoms with Crippen LogP contribution in [-0.4, -0.2) is 44.7 Å². The van der Waals surface area contributed by atoms with Crippen molar-refractivity contribution in [3.63, 3.8) is 0 Å². The quantitative estimate of drug-likeness (QED) is 0.491. The van der Waals surface area contributed by atoms with E-state index < -0.39 is 32.0 Å². The van der Waals surface area contributed by atoms with Crippen molar-refractivity contribution in [1.29, 1.82) is 0 Å². The minimum Gasteiger partial charge on any atom is -0.461 e. The fourth-order valence-corrected chi connectivity index (χ4v) is 3.66. The zero-order chi connectivity index (χ0) is 20.9. The number of nitrogens with one attached hydrogen (secondary N) is 1. The normalized spacial score (nSPS) is 17.5. The molecular weight excluding hydrogens is 362 g/mol. The second-order valence-corrected chi connectivity index (χ2v) is 14.7. The number of ether oxygens (including phenoxy) is 2. The maximum atomic E-state index is 12.6. The van der Waals surface area contributed by atoms with Crippen LogP contribution in [0.2, 0.25) is 18.1 Å². The molecule has 1 fully saturated rings. The molecule has 0 aromatic heterocycles. The van der Waals surface area contributed by atoms with E-state index in [1.807, 2.05) is 0 Å². The van der Waals surface area contributed by atoms with E-state index in [1.165, 1.54) is 0 Å². The van der Waals surface area contributed by atoms with Crippen molar-refractivity contribution in [2.45, 2.75) is 110 Å². The zero-order valence-electron chi connectivity index (χ0n) is 18.4. The van der Waals surface area contributed by atoms with Gasteiger partial charge in [-0.1, -0.05) is 20.8 Å². The molecule has 27 heavy (non-hydrogen) atoms. The van der Waals surface area contributed by atoms with Crippen molar-refractivity contribution in [1.82, 2.24) is 5.32 Å². The van der Waals surface area contributed by atoms with Gasteiger partial charge in [-0.2, -0.15) is 0 Å². The van der Waals surface area contributed by atoms with Crippen molar-refractivity contribution < 1.29 is 23.5 Å². The van der Waals surface area contributed by atoms with Gasteiger partial charge in [-0.25, -0.2) is 9.59 Å². The largest absolute Gasteiger partial charge is 0.461 e. The van der Waals surface area contributed by atoms with Gasteiger partial charge in [0.05, 0.1) is 0 Å². The van der Waals surface area contributed by atoms with E-state index in [4.69, 9.17) is 13.9 Å². The Kier molecular flexibility index (Phi) is 8.35. The van der Waals surface area contributed by atoms with Crippen LogP contribution in [0.15, 0.2) is 0 Å². The highest BCUT2D eigenvalue weighted by molar-refractivity contribution is 6.74. The van der Waals surface area contributed by atoms with E-state index in [0.29, 0.717) is 13.0 Å². The Morgan fingerprint density at radius 1 is 1.07 bits per heavy atom. The maximum absolute atomic E-state index is 12.6. The Balaban J connectivity index is 2.68. The number of hydrogen-bond donors (Lipinski definition) is 1. The van der Waals surface area contributed by atoms with Crippen molar-refractivity contribution >= 4 is 20.4 Å². The van der Waals surface area contributed by atoms with Crippen molar-refractivity contribution in [3.8, 4) is 0 Å². The molecule has 1 amide bonds. The third-order valence-electron chi connectivity index (χ3n) is 5.24. The molecule has 0 radical (unpaired) electrons. The lowest BCUT2D eigenvalue weighted by Crippen LogP contribution is -2.47. The van der Waals surface area contributed by atoms with Gasteiger partial charge in [0.25, 0.3) is 0 Å². The van der Waals surface area contributed by atoms with Crippen LogP contribution in [0.3, 0.4) is 0 Å². The minimum absolute atomic E-state index is 0.0400. The summed E-state index contributed by atoms with van der Waals surface area (Å²) in [6.07, 6.45) is 3.67. The first kappa shape index (κ1) is 24.0. The van der Waals surface area contributed by atoms with E-state index in [9.17, 15) is 9.59 Å². The fraction of sp³-hybridized carbons (Fsp3) is 0.900. The lowest BCUT2D eigenvalue weighted by molar-refractivity contribution is -0.151. The first-order chi connectivity index (χ1) is 12.2. The lowest BCUT2D eigenvalue weighted by Gasteiger charge is -2.36. The Bertz CT molecular complexity index is 501. The van der Waals surface area contributed by atoms with E-state index >= 15 is 0 Å². The highest BCUT2D eigenvalue weighted by Gasteiger charge is 2.37. The van der Waals surface area contributed by atoms with Crippen LogP contribution in [-0.2, 0) is 18.7 Å². The molecule has 0 spiro atoms. The summed E-state index contributed by atoms with van der Waals surface area (Å²) in [6.45, 7) is 16.6. The number of esters is 1. The van der Waals surface area contributed by atoms with Crippen LogP contribution in [0.25, 0.3) is 0 Å². The molecule has 1 aliphatic rings. The van der Waals surface area contributed by atoms with Crippen molar-refractivity contribution in [2.24, 2.45) is 0 Å². The smallest absolute Gasteiger partial charge is 0.408 e. The molecule has 0 bridgehead atoms. The van der Waals surface area contributed by atoms with Crippen LogP contribution in [0.1, 0.15) is 73.6 Å². The number of alkyl carbamates (subject to hydrolysis) is 1. The number of amides is 1. The molecule has 158 valence electrons. The highest BCUT2D eigenvalue weighted by Crippen LogP contribution is 2.36. The Hall–Kier alpha value is -1.08. The average Bonchev–Trinajstić information content (AvgIpc) is 2.95. The summed E-state index contributed by atoms with van der Waals surface area (Å²) in [5.74, 6) is -0.397. The summed E-state index contributed by atoms with van der Waals surface area (Å²) in [5.41, 5.74) is -0.623. The van der Waals surface area contributed by atoms with E-state index in [-0.39, 0.29) is 11.1 Å². The number of carbonyl (C=O) groups is 2. The molecule has 0 saturated heterocycles. The van der Waals surface area contributed by atoms with Gasteiger partial charge in [0.15, 0.2) is 8.32 Å². The Morgan fingerprint density at radius 3 is 2.11 bits per heavy atom. The second kappa shape index (κ2) is 9.41. The molecule has 7 heteroatoms. The number of rotatable bonds is 7. The standard InChI is InChI=1S/C20H39NO5Si/c1-19(2,3)26-18(23)21-16(17(22)25-15-11-9-10-12-15)13-14-24-27(7,8)20(4,5)6/h15-16H,9-14H2,1-8H3,(H,21,23)/t16-/m0/s1. The molecule has 6 nitrogen and oxygen atoms in total. The molecule has 0 unspecified atom stereocenters. The number of carbonyl (C=O) groups excluding carboxylic acids is 2. The summed E-state index contributed by atoms with van der Waals surface area (Å²) in [4.78, 5) is 24.8. The monoisotopic (exact) mass is 401 g/mol. The van der Waals surface area contributed by atoms with Crippen molar-refractivity contribution in [2.75, 3.05) is 6.61 Å². The molecule has 1 aliphatic carbocycles. The molecule has 1 rings (SSSR count). The number of hydrogen-bond acceptors (Lipinski definition) is 5. The maximum Gasteiger partial charge on any atom is 0.408 e. The van der Waals surface area contributed by atoms with Gasteiger partial charge < -0.3 is 19.2 Å². The van der Waals surface area contributed by atoms with E-state index in [1.54, 1.807) is 20.8 Å². The average molecular weight is 402 g/mol. The third-order valence-corrected chi connectivity index (χ3v) is 9.77. The van der Waals surface area contributed by atoms with Crippen LogP contribution < -0.4 is 5.32 Å². The lowest BCUT2D eigenvalue weighted by atomic mass is 10.2. The molecule has 1 atom stereocenters. The molecule has 0 aromatic carbocycles. The summed E-state index contributed by atoms with van der Waals surface area (Å²) in [6, 6.07) is -0.759. The minimum atomic E-state index is -1.92.